The van der Waals surface area contributed by atoms with Gasteiger partial charge in [0.2, 0.25) is 5.69 Å². The molecular weight excluding hydrogens is 761 g/mol. The lowest BCUT2D eigenvalue weighted by molar-refractivity contribution is -0.354. The molecule has 0 aromatic heterocycles. The average molecular weight is 819 g/mol. The van der Waals surface area contributed by atoms with Gasteiger partial charge in [0.25, 0.3) is 11.8 Å². The molecule has 9 nitrogen and oxygen atoms in total. The second kappa shape index (κ2) is 27.0. The molecule has 0 radical (unpaired) electrons. The number of nitrogens with one attached hydrogen (secondary N) is 3. The maximum absolute atomic E-state index is 12.5. The molecule has 0 saturated carbocycles. The summed E-state index contributed by atoms with van der Waals surface area (Å²) in [4.78, 5) is 34.3. The fraction of sp³-hybridized carbons (Fsp3) is 0.231. The maximum atomic E-state index is 12.5. The van der Waals surface area contributed by atoms with E-state index in [2.05, 4.69) is 48.7 Å². The lowest BCUT2D eigenvalue weighted by Crippen LogP contribution is -2.24. The van der Waals surface area contributed by atoms with Crippen molar-refractivity contribution in [2.45, 2.75) is 65.2 Å². The second-order valence-corrected chi connectivity index (χ2v) is 14.4. The Balaban J connectivity index is 0.000000222. The third-order valence-electron chi connectivity index (χ3n) is 9.73. The number of nitrogens with zero attached hydrogens (tertiary/aromatic N) is 1. The third-order valence-corrected chi connectivity index (χ3v) is 9.73. The van der Waals surface area contributed by atoms with E-state index < -0.39 is 0 Å². The van der Waals surface area contributed by atoms with Crippen molar-refractivity contribution >= 4 is 35.7 Å². The van der Waals surface area contributed by atoms with E-state index >= 15 is 0 Å². The van der Waals surface area contributed by atoms with Gasteiger partial charge in [0.15, 0.2) is 6.21 Å². The van der Waals surface area contributed by atoms with Crippen molar-refractivity contribution in [1.29, 1.82) is 0 Å². The van der Waals surface area contributed by atoms with Gasteiger partial charge < -0.3 is 15.8 Å². The van der Waals surface area contributed by atoms with Crippen molar-refractivity contribution in [2.24, 2.45) is 0 Å². The predicted octanol–water partition coefficient (Wildman–Crippen LogP) is 11.9. The molecule has 0 atom stereocenters. The molecule has 0 bridgehead atoms. The first-order chi connectivity index (χ1) is 29.8. The molecule has 61 heavy (non-hydrogen) atoms. The molecular formula is C52H58N4O5. The van der Waals surface area contributed by atoms with Crippen LogP contribution >= 0.6 is 0 Å². The van der Waals surface area contributed by atoms with E-state index in [0.29, 0.717) is 34.6 Å². The summed E-state index contributed by atoms with van der Waals surface area (Å²) in [7, 11) is 0. The molecule has 6 aromatic carbocycles. The largest absolute Gasteiger partial charge is 0.618 e. The second-order valence-electron chi connectivity index (χ2n) is 14.4. The Morgan fingerprint density at radius 1 is 0.525 bits per heavy atom. The van der Waals surface area contributed by atoms with Crippen molar-refractivity contribution in [3.63, 3.8) is 0 Å². The van der Waals surface area contributed by atoms with Gasteiger partial charge in [-0.1, -0.05) is 149 Å². The highest BCUT2D eigenvalue weighted by atomic mass is 16.5. The van der Waals surface area contributed by atoms with Crippen LogP contribution in [0.5, 0.6) is 0 Å². The van der Waals surface area contributed by atoms with E-state index in [4.69, 9.17) is 5.21 Å². The van der Waals surface area contributed by atoms with Gasteiger partial charge in [-0.15, -0.1) is 0 Å². The van der Waals surface area contributed by atoms with Gasteiger partial charge in [-0.2, -0.15) is 4.74 Å². The van der Waals surface area contributed by atoms with Crippen LogP contribution in [0.25, 0.3) is 22.3 Å². The normalized spacial score (nSPS) is 10.6. The van der Waals surface area contributed by atoms with Crippen LogP contribution < -0.4 is 16.1 Å². The van der Waals surface area contributed by atoms with Gasteiger partial charge >= 0.3 is 0 Å². The molecule has 0 aliphatic rings. The Hall–Kier alpha value is -6.84. The molecule has 0 aliphatic carbocycles. The number of carbonyl (C=O) groups excluding carboxylic acids is 3. The molecule has 0 heterocycles. The third kappa shape index (κ3) is 16.7. The topological polar surface area (TPSA) is 134 Å². The number of hydrogen-bond donors (Lipinski definition) is 4. The minimum atomic E-state index is -0.101. The van der Waals surface area contributed by atoms with Gasteiger partial charge in [-0.25, -0.2) is 0 Å². The molecule has 0 fully saturated rings. The Labute approximate surface area is 360 Å². The first-order valence-electron chi connectivity index (χ1n) is 21.1. The molecule has 6 rings (SSSR count). The molecule has 2 amide bonds. The van der Waals surface area contributed by atoms with Crippen LogP contribution in [0.4, 0.5) is 11.4 Å². The number of anilines is 1. The summed E-state index contributed by atoms with van der Waals surface area (Å²) in [6.45, 7) is 5.73. The van der Waals surface area contributed by atoms with Crippen LogP contribution in [0.2, 0.25) is 0 Å². The summed E-state index contributed by atoms with van der Waals surface area (Å²) >= 11 is 0. The van der Waals surface area contributed by atoms with Crippen LogP contribution in [0, 0.1) is 5.21 Å². The minimum Gasteiger partial charge on any atom is -0.618 e. The maximum Gasteiger partial charge on any atom is 0.251 e. The highest BCUT2D eigenvalue weighted by molar-refractivity contribution is 5.95. The zero-order valence-electron chi connectivity index (χ0n) is 35.3. The lowest BCUT2D eigenvalue weighted by Gasteiger charge is -2.07. The van der Waals surface area contributed by atoms with E-state index in [-0.39, 0.29) is 11.8 Å². The van der Waals surface area contributed by atoms with Crippen LogP contribution in [-0.4, -0.2) is 47.4 Å². The van der Waals surface area contributed by atoms with Gasteiger partial charge in [-0.05, 0) is 83.6 Å². The van der Waals surface area contributed by atoms with Gasteiger partial charge in [0, 0.05) is 47.5 Å². The van der Waals surface area contributed by atoms with E-state index in [0.717, 1.165) is 65.5 Å². The Kier molecular flexibility index (Phi) is 20.8. The zero-order valence-corrected chi connectivity index (χ0v) is 35.3. The first kappa shape index (κ1) is 46.8. The Bertz CT molecular complexity index is 2190. The summed E-state index contributed by atoms with van der Waals surface area (Å²) in [5, 5.41) is 26.9. The number of benzene rings is 6. The van der Waals surface area contributed by atoms with Crippen LogP contribution in [0.3, 0.4) is 0 Å². The highest BCUT2D eigenvalue weighted by Crippen LogP contribution is 2.20. The van der Waals surface area contributed by atoms with E-state index in [1.807, 2.05) is 90.4 Å². The molecule has 4 N–H and O–H groups in total. The molecule has 9 heteroatoms. The fourth-order valence-corrected chi connectivity index (χ4v) is 6.15. The van der Waals surface area contributed by atoms with Crippen molar-refractivity contribution < 1.29 is 24.3 Å². The van der Waals surface area contributed by atoms with Crippen molar-refractivity contribution in [3.8, 4) is 22.3 Å². The highest BCUT2D eigenvalue weighted by Gasteiger charge is 2.09. The van der Waals surface area contributed by atoms with Gasteiger partial charge in [-0.3, -0.25) is 25.1 Å². The summed E-state index contributed by atoms with van der Waals surface area (Å²) < 4.78 is 0.823. The number of amides is 2. The minimum absolute atomic E-state index is 0.0639. The van der Waals surface area contributed by atoms with Crippen molar-refractivity contribution in [1.82, 2.24) is 10.6 Å². The lowest BCUT2D eigenvalue weighted by atomic mass is 10.0. The summed E-state index contributed by atoms with van der Waals surface area (Å²) in [5.74, 6) is -0.165. The quantitative estimate of drug-likeness (QED) is 0.0170. The van der Waals surface area contributed by atoms with Crippen LogP contribution in [-0.2, 0) is 0 Å². The monoisotopic (exact) mass is 818 g/mol. The van der Waals surface area contributed by atoms with E-state index in [9.17, 15) is 19.6 Å². The number of unbranched alkanes of at least 4 members (excludes halogenated alkanes) is 6. The smallest absolute Gasteiger partial charge is 0.251 e. The first-order valence-corrected chi connectivity index (χ1v) is 21.1. The van der Waals surface area contributed by atoms with Crippen LogP contribution in [0.15, 0.2) is 158 Å². The fourth-order valence-electron chi connectivity index (χ4n) is 6.15. The van der Waals surface area contributed by atoms with Crippen molar-refractivity contribution in [2.75, 3.05) is 18.6 Å². The Morgan fingerprint density at radius 2 is 0.934 bits per heavy atom. The number of aldehydes is 1. The Morgan fingerprint density at radius 3 is 1.34 bits per heavy atom. The zero-order chi connectivity index (χ0) is 43.5. The number of rotatable bonds is 18. The molecule has 0 saturated heterocycles. The van der Waals surface area contributed by atoms with Crippen LogP contribution in [0.1, 0.15) is 102 Å². The summed E-state index contributed by atoms with van der Waals surface area (Å²) in [6, 6.07) is 49.0. The van der Waals surface area contributed by atoms with Gasteiger partial charge in [0.1, 0.15) is 6.29 Å². The SMILES string of the molecule is CCCCCCNC(=O)c1ccc(NO)cc1.CCCCCCNC(=O)c1ccc([N+]([O-])=Cc2ccc(-c3ccccc3)cc2)cc1.O=Cc1ccc(-c2ccccc2)cc1. The van der Waals surface area contributed by atoms with Crippen molar-refractivity contribution in [3.05, 3.63) is 185 Å². The number of carbonyl (C=O) groups is 3. The predicted molar refractivity (Wildman–Crippen MR) is 249 cm³/mol. The standard InChI is InChI=1S/C26H28N2O2.C13H20N2O2.C13H10O/c1-2-3-4-8-19-27-26(29)24-15-17-25(18-16-24)28(30)20-21-11-13-23(14-12-21)22-9-6-5-7-10-22;1-2-3-4-5-10-14-13(16)11-6-8-12(15-17)9-7-11;14-10-11-6-8-13(9-7-11)12-4-2-1-3-5-12/h5-7,9-18,20H,2-4,8,19H2,1H3,(H,27,29);6-9,15,17H,2-5,10H2,1H3,(H,14,16);1-10H. The average Bonchev–Trinajstić information content (AvgIpc) is 3.32. The summed E-state index contributed by atoms with van der Waals surface area (Å²) in [6.07, 6.45) is 11.5. The summed E-state index contributed by atoms with van der Waals surface area (Å²) in [5.41, 5.74) is 10.3. The molecule has 6 aromatic rings. The number of hydrogen-bond acceptors (Lipinski definition) is 6. The molecule has 0 spiro atoms. The molecule has 0 unspecified atom stereocenters. The van der Waals surface area contributed by atoms with Gasteiger partial charge in [0.05, 0.1) is 5.69 Å². The molecule has 316 valence electrons. The molecule has 0 aliphatic heterocycles. The van der Waals surface area contributed by atoms with E-state index in [1.54, 1.807) is 48.5 Å². The van der Waals surface area contributed by atoms with E-state index in [1.165, 1.54) is 37.5 Å².